The van der Waals surface area contributed by atoms with Crippen LogP contribution in [0.15, 0.2) is 18.2 Å². The van der Waals surface area contributed by atoms with Crippen LogP contribution in [0.3, 0.4) is 0 Å². The molecule has 1 rings (SSSR count). The fraction of sp³-hybridized carbons (Fsp3) is 0.600. The predicted octanol–water partition coefficient (Wildman–Crippen LogP) is 2.72. The highest BCUT2D eigenvalue weighted by molar-refractivity contribution is 5.35. The lowest BCUT2D eigenvalue weighted by Gasteiger charge is -2.20. The van der Waals surface area contributed by atoms with E-state index in [0.717, 1.165) is 12.1 Å². The Labute approximate surface area is 114 Å². The molecule has 0 fully saturated rings. The van der Waals surface area contributed by atoms with E-state index in [1.165, 1.54) is 6.07 Å². The minimum atomic E-state index is -0.643. The molecule has 0 saturated carbocycles. The van der Waals surface area contributed by atoms with Gasteiger partial charge in [-0.05, 0) is 32.4 Å². The molecule has 0 saturated heterocycles. The zero-order chi connectivity index (χ0) is 14.4. The summed E-state index contributed by atoms with van der Waals surface area (Å²) in [7, 11) is 0. The first-order chi connectivity index (χ1) is 8.91. The van der Waals surface area contributed by atoms with E-state index < -0.39 is 18.0 Å². The van der Waals surface area contributed by atoms with E-state index in [4.69, 9.17) is 4.74 Å². The van der Waals surface area contributed by atoms with Crippen molar-refractivity contribution in [1.29, 1.82) is 0 Å². The number of para-hydroxylation sites is 1. The molecule has 19 heavy (non-hydrogen) atoms. The van der Waals surface area contributed by atoms with Crippen LogP contribution in [0.2, 0.25) is 0 Å². The van der Waals surface area contributed by atoms with Crippen LogP contribution in [0.1, 0.15) is 33.3 Å². The van der Waals surface area contributed by atoms with Crippen molar-refractivity contribution in [3.63, 3.8) is 0 Å². The molecule has 0 spiro atoms. The van der Waals surface area contributed by atoms with Gasteiger partial charge in [-0.3, -0.25) is 0 Å². The highest BCUT2D eigenvalue weighted by Crippen LogP contribution is 2.24. The Kier molecular flexibility index (Phi) is 6.25. The van der Waals surface area contributed by atoms with Crippen molar-refractivity contribution in [2.45, 2.75) is 46.4 Å². The zero-order valence-corrected chi connectivity index (χ0v) is 12.1. The molecule has 4 heteroatoms. The second-order valence-electron chi connectivity index (χ2n) is 5.32. The zero-order valence-electron chi connectivity index (χ0n) is 12.1. The molecule has 108 valence electrons. The number of ether oxygens (including phenoxy) is 1. The molecule has 0 heterocycles. The van der Waals surface area contributed by atoms with E-state index in [-0.39, 0.29) is 5.75 Å². The predicted molar refractivity (Wildman–Crippen MR) is 74.7 cm³/mol. The number of aliphatic hydroxyl groups excluding tert-OH is 1. The van der Waals surface area contributed by atoms with Crippen molar-refractivity contribution in [3.8, 4) is 5.75 Å². The van der Waals surface area contributed by atoms with Crippen LogP contribution in [-0.2, 0) is 6.54 Å². The average molecular weight is 269 g/mol. The summed E-state index contributed by atoms with van der Waals surface area (Å²) in [6.07, 6.45) is -1.09. The minimum absolute atomic E-state index is 0.229. The molecular formula is C15H24FNO2. The third kappa shape index (κ3) is 5.17. The molecule has 0 aromatic heterocycles. The van der Waals surface area contributed by atoms with Gasteiger partial charge < -0.3 is 15.2 Å². The summed E-state index contributed by atoms with van der Waals surface area (Å²) >= 11 is 0. The van der Waals surface area contributed by atoms with Crippen LogP contribution in [0.25, 0.3) is 0 Å². The quantitative estimate of drug-likeness (QED) is 0.799. The highest BCUT2D eigenvalue weighted by Gasteiger charge is 2.16. The molecule has 0 aliphatic heterocycles. The van der Waals surface area contributed by atoms with Gasteiger partial charge in [0.2, 0.25) is 0 Å². The SMILES string of the molecule is CC(C)CNCc1cccc(F)c1OC(C)C(C)O. The number of hydrogen-bond donors (Lipinski definition) is 2. The average Bonchev–Trinajstić information content (AvgIpc) is 2.32. The van der Waals surface area contributed by atoms with Crippen molar-refractivity contribution < 1.29 is 14.2 Å². The van der Waals surface area contributed by atoms with Gasteiger partial charge in [-0.15, -0.1) is 0 Å². The molecule has 2 unspecified atom stereocenters. The molecule has 0 aliphatic carbocycles. The fourth-order valence-corrected chi connectivity index (χ4v) is 1.60. The Hall–Kier alpha value is -1.13. The Morgan fingerprint density at radius 2 is 1.95 bits per heavy atom. The minimum Gasteiger partial charge on any atom is -0.485 e. The smallest absolute Gasteiger partial charge is 0.165 e. The maximum absolute atomic E-state index is 13.8. The first-order valence-electron chi connectivity index (χ1n) is 6.74. The van der Waals surface area contributed by atoms with Gasteiger partial charge in [0.25, 0.3) is 0 Å². The van der Waals surface area contributed by atoms with Crippen molar-refractivity contribution >= 4 is 0 Å². The second-order valence-corrected chi connectivity index (χ2v) is 5.32. The number of halogens is 1. The van der Waals surface area contributed by atoms with Crippen molar-refractivity contribution in [2.24, 2.45) is 5.92 Å². The topological polar surface area (TPSA) is 41.5 Å². The number of nitrogens with one attached hydrogen (secondary N) is 1. The normalized spacial score (nSPS) is 14.5. The second kappa shape index (κ2) is 7.46. The summed E-state index contributed by atoms with van der Waals surface area (Å²) in [6, 6.07) is 4.87. The first kappa shape index (κ1) is 15.9. The summed E-state index contributed by atoms with van der Waals surface area (Å²) in [4.78, 5) is 0. The maximum Gasteiger partial charge on any atom is 0.165 e. The molecule has 2 atom stereocenters. The van der Waals surface area contributed by atoms with Gasteiger partial charge in [0.1, 0.15) is 6.10 Å². The molecule has 2 N–H and O–H groups in total. The van der Waals surface area contributed by atoms with Gasteiger partial charge in [0.05, 0.1) is 6.10 Å². The summed E-state index contributed by atoms with van der Waals surface area (Å²) < 4.78 is 19.4. The Morgan fingerprint density at radius 3 is 2.53 bits per heavy atom. The van der Waals surface area contributed by atoms with Gasteiger partial charge in [-0.1, -0.05) is 26.0 Å². The van der Waals surface area contributed by atoms with Gasteiger partial charge in [0.15, 0.2) is 11.6 Å². The van der Waals surface area contributed by atoms with E-state index in [9.17, 15) is 9.50 Å². The molecule has 0 bridgehead atoms. The van der Waals surface area contributed by atoms with Gasteiger partial charge in [-0.25, -0.2) is 4.39 Å². The largest absolute Gasteiger partial charge is 0.485 e. The molecule has 0 aliphatic rings. The Morgan fingerprint density at radius 1 is 1.26 bits per heavy atom. The van der Waals surface area contributed by atoms with Gasteiger partial charge >= 0.3 is 0 Å². The van der Waals surface area contributed by atoms with Crippen LogP contribution in [0.5, 0.6) is 5.75 Å². The number of aliphatic hydroxyl groups is 1. The first-order valence-corrected chi connectivity index (χ1v) is 6.74. The lowest BCUT2D eigenvalue weighted by atomic mass is 10.1. The van der Waals surface area contributed by atoms with Crippen molar-refractivity contribution in [3.05, 3.63) is 29.6 Å². The number of rotatable bonds is 7. The van der Waals surface area contributed by atoms with Crippen LogP contribution in [0, 0.1) is 11.7 Å². The fourth-order valence-electron chi connectivity index (χ4n) is 1.60. The summed E-state index contributed by atoms with van der Waals surface area (Å²) in [5.74, 6) is 0.373. The van der Waals surface area contributed by atoms with Crippen molar-refractivity contribution in [2.75, 3.05) is 6.54 Å². The molecular weight excluding hydrogens is 245 g/mol. The van der Waals surface area contributed by atoms with Crippen LogP contribution >= 0.6 is 0 Å². The Bertz CT molecular complexity index is 394. The van der Waals surface area contributed by atoms with Gasteiger partial charge in [-0.2, -0.15) is 0 Å². The van der Waals surface area contributed by atoms with E-state index in [1.807, 2.05) is 6.07 Å². The van der Waals surface area contributed by atoms with E-state index in [1.54, 1.807) is 19.9 Å². The van der Waals surface area contributed by atoms with Crippen LogP contribution in [-0.4, -0.2) is 23.9 Å². The summed E-state index contributed by atoms with van der Waals surface area (Å²) in [5, 5.41) is 12.7. The molecule has 0 radical (unpaired) electrons. The third-order valence-electron chi connectivity index (χ3n) is 2.90. The lowest BCUT2D eigenvalue weighted by molar-refractivity contribution is 0.0571. The summed E-state index contributed by atoms with van der Waals surface area (Å²) in [5.41, 5.74) is 0.771. The lowest BCUT2D eigenvalue weighted by Crippen LogP contribution is -2.27. The highest BCUT2D eigenvalue weighted by atomic mass is 19.1. The maximum atomic E-state index is 13.8. The van der Waals surface area contributed by atoms with E-state index in [2.05, 4.69) is 19.2 Å². The van der Waals surface area contributed by atoms with Crippen LogP contribution in [0.4, 0.5) is 4.39 Å². The molecule has 0 amide bonds. The van der Waals surface area contributed by atoms with E-state index in [0.29, 0.717) is 12.5 Å². The molecule has 3 nitrogen and oxygen atoms in total. The van der Waals surface area contributed by atoms with Crippen LogP contribution < -0.4 is 10.1 Å². The molecule has 1 aromatic rings. The van der Waals surface area contributed by atoms with E-state index >= 15 is 0 Å². The Balaban J connectivity index is 2.77. The van der Waals surface area contributed by atoms with Crippen molar-refractivity contribution in [1.82, 2.24) is 5.32 Å². The summed E-state index contributed by atoms with van der Waals surface area (Å²) in [6.45, 7) is 9.00. The number of benzene rings is 1. The standard InChI is InChI=1S/C15H24FNO2/c1-10(2)8-17-9-13-6-5-7-14(16)15(13)19-12(4)11(3)18/h5-7,10-12,17-18H,8-9H2,1-4H3. The third-order valence-corrected chi connectivity index (χ3v) is 2.90. The molecule has 1 aromatic carbocycles. The van der Waals surface area contributed by atoms with Gasteiger partial charge in [0, 0.05) is 12.1 Å². The number of hydrogen-bond acceptors (Lipinski definition) is 3. The monoisotopic (exact) mass is 269 g/mol.